The van der Waals surface area contributed by atoms with E-state index in [2.05, 4.69) is 15.4 Å². The maximum Gasteiger partial charge on any atom is 0.240 e. The maximum absolute atomic E-state index is 6.17. The van der Waals surface area contributed by atoms with Crippen molar-refractivity contribution in [2.45, 2.75) is 13.0 Å². The molecular weight excluding hydrogens is 292 g/mol. The Kier molecular flexibility index (Phi) is 4.95. The van der Waals surface area contributed by atoms with Crippen LogP contribution in [-0.2, 0) is 0 Å². The summed E-state index contributed by atoms with van der Waals surface area (Å²) < 4.78 is 10.3. The minimum Gasteiger partial charge on any atom is -0.480 e. The van der Waals surface area contributed by atoms with Crippen molar-refractivity contribution in [1.82, 2.24) is 15.4 Å². The summed E-state index contributed by atoms with van der Waals surface area (Å²) in [6.07, 6.45) is 1.51. The molecule has 1 aromatic heterocycles. The molecule has 0 fully saturated rings. The van der Waals surface area contributed by atoms with Crippen molar-refractivity contribution >= 4 is 11.6 Å². The minimum atomic E-state index is -0.392. The number of benzene rings is 1. The lowest BCUT2D eigenvalue weighted by Crippen LogP contribution is -2.30. The lowest BCUT2D eigenvalue weighted by molar-refractivity contribution is 0.352. The standard InChI is InChI=1S/C14H17ClN4O2/c1-8-4-5-9(6-10(8)15)12(19-16)13-14(21-3)18-11(20-2)7-17-13/h4-7,12,19H,16H2,1-3H3. The van der Waals surface area contributed by atoms with Crippen LogP contribution >= 0.6 is 11.6 Å². The molecule has 6 nitrogen and oxygen atoms in total. The van der Waals surface area contributed by atoms with Gasteiger partial charge in [0.15, 0.2) is 0 Å². The van der Waals surface area contributed by atoms with Crippen molar-refractivity contribution in [3.05, 3.63) is 46.2 Å². The summed E-state index contributed by atoms with van der Waals surface area (Å²) in [5, 5.41) is 0.660. The van der Waals surface area contributed by atoms with Gasteiger partial charge in [0.2, 0.25) is 11.8 Å². The summed E-state index contributed by atoms with van der Waals surface area (Å²) in [7, 11) is 3.03. The first-order valence-electron chi connectivity index (χ1n) is 6.27. The SMILES string of the molecule is COc1cnc(C(NN)c2ccc(C)c(Cl)c2)c(OC)n1. The van der Waals surface area contributed by atoms with Gasteiger partial charge in [0.1, 0.15) is 5.69 Å². The molecule has 21 heavy (non-hydrogen) atoms. The fourth-order valence-corrected chi connectivity index (χ4v) is 2.12. The second-order valence-electron chi connectivity index (χ2n) is 4.42. The van der Waals surface area contributed by atoms with E-state index in [9.17, 15) is 0 Å². The maximum atomic E-state index is 6.17. The summed E-state index contributed by atoms with van der Waals surface area (Å²) in [5.41, 5.74) is 5.12. The largest absolute Gasteiger partial charge is 0.480 e. The van der Waals surface area contributed by atoms with Crippen molar-refractivity contribution in [3.63, 3.8) is 0 Å². The molecule has 3 N–H and O–H groups in total. The Hall–Kier alpha value is -1.89. The predicted molar refractivity (Wildman–Crippen MR) is 80.5 cm³/mol. The number of ether oxygens (including phenoxy) is 2. The van der Waals surface area contributed by atoms with Crippen LogP contribution in [0.1, 0.15) is 22.9 Å². The molecule has 0 spiro atoms. The first-order valence-corrected chi connectivity index (χ1v) is 6.65. The molecule has 0 radical (unpaired) electrons. The van der Waals surface area contributed by atoms with Gasteiger partial charge in [-0.05, 0) is 24.1 Å². The van der Waals surface area contributed by atoms with E-state index in [0.717, 1.165) is 11.1 Å². The first kappa shape index (κ1) is 15.5. The molecule has 112 valence electrons. The van der Waals surface area contributed by atoms with E-state index in [1.807, 2.05) is 25.1 Å². The number of rotatable bonds is 5. The number of nitrogens with one attached hydrogen (secondary N) is 1. The molecule has 2 aromatic rings. The number of nitrogens with two attached hydrogens (primary N) is 1. The van der Waals surface area contributed by atoms with Crippen LogP contribution in [0, 0.1) is 6.92 Å². The van der Waals surface area contributed by atoms with E-state index in [1.54, 1.807) is 0 Å². The number of hydrogen-bond donors (Lipinski definition) is 2. The molecule has 0 aliphatic rings. The zero-order valence-corrected chi connectivity index (χ0v) is 12.8. The van der Waals surface area contributed by atoms with Crippen LogP contribution in [0.4, 0.5) is 0 Å². The highest BCUT2D eigenvalue weighted by Crippen LogP contribution is 2.29. The van der Waals surface area contributed by atoms with E-state index in [1.165, 1.54) is 20.4 Å². The summed E-state index contributed by atoms with van der Waals surface area (Å²) >= 11 is 6.17. The third kappa shape index (κ3) is 3.24. The summed E-state index contributed by atoms with van der Waals surface area (Å²) in [6, 6.07) is 5.30. The Morgan fingerprint density at radius 2 is 2.05 bits per heavy atom. The van der Waals surface area contributed by atoms with Crippen LogP contribution in [0.2, 0.25) is 5.02 Å². The average Bonchev–Trinajstić information content (AvgIpc) is 2.51. The van der Waals surface area contributed by atoms with Gasteiger partial charge < -0.3 is 9.47 Å². The van der Waals surface area contributed by atoms with Crippen LogP contribution in [0.5, 0.6) is 11.8 Å². The summed E-state index contributed by atoms with van der Waals surface area (Å²) in [4.78, 5) is 8.53. The molecule has 0 aliphatic carbocycles. The quantitative estimate of drug-likeness (QED) is 0.649. The third-order valence-corrected chi connectivity index (χ3v) is 3.52. The van der Waals surface area contributed by atoms with Gasteiger partial charge in [-0.15, -0.1) is 0 Å². The number of hydrogen-bond acceptors (Lipinski definition) is 6. The Balaban J connectivity index is 2.47. The fourth-order valence-electron chi connectivity index (χ4n) is 1.93. The zero-order valence-electron chi connectivity index (χ0n) is 12.1. The van der Waals surface area contributed by atoms with Crippen LogP contribution in [0.15, 0.2) is 24.4 Å². The number of aromatic nitrogens is 2. The Labute approximate surface area is 128 Å². The molecule has 0 saturated heterocycles. The highest BCUT2D eigenvalue weighted by molar-refractivity contribution is 6.31. The average molecular weight is 309 g/mol. The van der Waals surface area contributed by atoms with Gasteiger partial charge in [-0.1, -0.05) is 23.7 Å². The topological polar surface area (TPSA) is 82.3 Å². The molecule has 1 atom stereocenters. The Morgan fingerprint density at radius 1 is 1.29 bits per heavy atom. The second-order valence-corrected chi connectivity index (χ2v) is 4.82. The summed E-state index contributed by atoms with van der Waals surface area (Å²) in [6.45, 7) is 1.94. The smallest absolute Gasteiger partial charge is 0.240 e. The summed E-state index contributed by atoms with van der Waals surface area (Å²) in [5.74, 6) is 6.38. The number of aryl methyl sites for hydroxylation is 1. The molecular formula is C14H17ClN4O2. The van der Waals surface area contributed by atoms with E-state index in [4.69, 9.17) is 26.9 Å². The van der Waals surface area contributed by atoms with Gasteiger partial charge in [-0.25, -0.2) is 10.4 Å². The number of nitrogens with zero attached hydrogens (tertiary/aromatic N) is 2. The molecule has 1 aromatic carbocycles. The van der Waals surface area contributed by atoms with E-state index >= 15 is 0 Å². The molecule has 1 heterocycles. The normalized spacial score (nSPS) is 12.0. The number of halogens is 1. The van der Waals surface area contributed by atoms with Crippen LogP contribution in [0.3, 0.4) is 0 Å². The monoisotopic (exact) mass is 308 g/mol. The fraction of sp³-hybridized carbons (Fsp3) is 0.286. The van der Waals surface area contributed by atoms with Crippen LogP contribution in [0.25, 0.3) is 0 Å². The molecule has 0 aliphatic heterocycles. The first-order chi connectivity index (χ1) is 10.1. The molecule has 0 bridgehead atoms. The lowest BCUT2D eigenvalue weighted by atomic mass is 10.0. The van der Waals surface area contributed by atoms with Crippen LogP contribution < -0.4 is 20.7 Å². The van der Waals surface area contributed by atoms with Crippen molar-refractivity contribution in [1.29, 1.82) is 0 Å². The van der Waals surface area contributed by atoms with Gasteiger partial charge in [0, 0.05) is 5.02 Å². The second kappa shape index (κ2) is 6.71. The van der Waals surface area contributed by atoms with E-state index in [-0.39, 0.29) is 0 Å². The van der Waals surface area contributed by atoms with Crippen LogP contribution in [-0.4, -0.2) is 24.2 Å². The van der Waals surface area contributed by atoms with Gasteiger partial charge >= 0.3 is 0 Å². The molecule has 0 saturated carbocycles. The zero-order chi connectivity index (χ0) is 15.4. The van der Waals surface area contributed by atoms with Gasteiger partial charge in [0.05, 0.1) is 26.5 Å². The van der Waals surface area contributed by atoms with Gasteiger partial charge in [-0.3, -0.25) is 5.84 Å². The van der Waals surface area contributed by atoms with Crippen molar-refractivity contribution in [2.24, 2.45) is 5.84 Å². The lowest BCUT2D eigenvalue weighted by Gasteiger charge is -2.18. The number of methoxy groups -OCH3 is 2. The highest BCUT2D eigenvalue weighted by atomic mass is 35.5. The Morgan fingerprint density at radius 3 is 2.62 bits per heavy atom. The highest BCUT2D eigenvalue weighted by Gasteiger charge is 2.21. The minimum absolute atomic E-state index is 0.342. The van der Waals surface area contributed by atoms with Gasteiger partial charge in [-0.2, -0.15) is 4.98 Å². The molecule has 7 heteroatoms. The van der Waals surface area contributed by atoms with Crippen molar-refractivity contribution < 1.29 is 9.47 Å². The number of hydrazine groups is 1. The molecule has 1 unspecified atom stereocenters. The van der Waals surface area contributed by atoms with Crippen molar-refractivity contribution in [3.8, 4) is 11.8 Å². The predicted octanol–water partition coefficient (Wildman–Crippen LogP) is 2.01. The van der Waals surface area contributed by atoms with E-state index < -0.39 is 6.04 Å². The van der Waals surface area contributed by atoms with E-state index in [0.29, 0.717) is 22.5 Å². The molecule has 0 amide bonds. The molecule has 2 rings (SSSR count). The van der Waals surface area contributed by atoms with Crippen molar-refractivity contribution in [2.75, 3.05) is 14.2 Å². The Bertz CT molecular complexity index is 636. The third-order valence-electron chi connectivity index (χ3n) is 3.12. The van der Waals surface area contributed by atoms with Gasteiger partial charge in [0.25, 0.3) is 0 Å².